The van der Waals surface area contributed by atoms with Crippen LogP contribution in [0.3, 0.4) is 0 Å². The maximum absolute atomic E-state index is 3.99. The lowest BCUT2D eigenvalue weighted by atomic mass is 9.80. The average molecular weight is 298 g/mol. The van der Waals surface area contributed by atoms with E-state index in [1.165, 1.54) is 49.7 Å². The van der Waals surface area contributed by atoms with E-state index in [2.05, 4.69) is 62.9 Å². The summed E-state index contributed by atoms with van der Waals surface area (Å²) in [6, 6.07) is 16.1. The van der Waals surface area contributed by atoms with Crippen LogP contribution in [-0.2, 0) is 19.3 Å². The molecule has 3 aromatic rings. The Balaban J connectivity index is 2.07. The van der Waals surface area contributed by atoms with Crippen molar-refractivity contribution in [2.45, 2.75) is 33.1 Å². The Morgan fingerprint density at radius 3 is 2.52 bits per heavy atom. The van der Waals surface area contributed by atoms with E-state index in [4.69, 9.17) is 0 Å². The van der Waals surface area contributed by atoms with Gasteiger partial charge in [0, 0.05) is 0 Å². The van der Waals surface area contributed by atoms with Crippen LogP contribution >= 0.6 is 0 Å². The van der Waals surface area contributed by atoms with Crippen molar-refractivity contribution in [3.63, 3.8) is 0 Å². The van der Waals surface area contributed by atoms with Gasteiger partial charge in [0.25, 0.3) is 0 Å². The van der Waals surface area contributed by atoms with Crippen LogP contribution in [0.15, 0.2) is 55.1 Å². The maximum Gasteiger partial charge on any atom is -0.00910 e. The molecule has 0 atom stereocenters. The molecule has 0 saturated carbocycles. The highest BCUT2D eigenvalue weighted by atomic mass is 14.2. The number of hydrogen-bond donors (Lipinski definition) is 0. The minimum atomic E-state index is 0.949. The summed E-state index contributed by atoms with van der Waals surface area (Å²) < 4.78 is 0. The summed E-state index contributed by atoms with van der Waals surface area (Å²) in [6.07, 6.45) is 5.27. The lowest BCUT2D eigenvalue weighted by molar-refractivity contribution is 0.926. The Bertz CT molecular complexity index is 928. The van der Waals surface area contributed by atoms with E-state index in [9.17, 15) is 0 Å². The highest BCUT2D eigenvalue weighted by Crippen LogP contribution is 2.39. The van der Waals surface area contributed by atoms with Crippen molar-refractivity contribution >= 4 is 10.8 Å². The van der Waals surface area contributed by atoms with Crippen LogP contribution < -0.4 is 0 Å². The second kappa shape index (κ2) is 5.38. The summed E-state index contributed by atoms with van der Waals surface area (Å²) in [6.45, 7) is 8.35. The molecule has 0 nitrogen and oxygen atoms in total. The number of benzene rings is 3. The van der Waals surface area contributed by atoms with Crippen LogP contribution in [0.2, 0.25) is 0 Å². The first-order valence-electron chi connectivity index (χ1n) is 8.43. The van der Waals surface area contributed by atoms with Gasteiger partial charge in [0.05, 0.1) is 0 Å². The Labute approximate surface area is 138 Å². The molecule has 1 aliphatic rings. The summed E-state index contributed by atoms with van der Waals surface area (Å²) in [5.41, 5.74) is 10.0. The number of rotatable bonds is 2. The van der Waals surface area contributed by atoms with E-state index in [1.54, 1.807) is 0 Å². The first kappa shape index (κ1) is 14.3. The molecule has 0 aliphatic heterocycles. The zero-order chi connectivity index (χ0) is 16.0. The van der Waals surface area contributed by atoms with Crippen molar-refractivity contribution in [2.75, 3.05) is 0 Å². The van der Waals surface area contributed by atoms with Gasteiger partial charge < -0.3 is 0 Å². The topological polar surface area (TPSA) is 0 Å². The lowest BCUT2D eigenvalue weighted by Gasteiger charge is -2.24. The van der Waals surface area contributed by atoms with Crippen LogP contribution in [0.25, 0.3) is 21.9 Å². The van der Waals surface area contributed by atoms with Gasteiger partial charge in [-0.2, -0.15) is 0 Å². The van der Waals surface area contributed by atoms with Gasteiger partial charge in [-0.25, -0.2) is 0 Å². The molecule has 0 unspecified atom stereocenters. The van der Waals surface area contributed by atoms with E-state index in [1.807, 2.05) is 6.08 Å². The third-order valence-corrected chi connectivity index (χ3v) is 5.07. The van der Waals surface area contributed by atoms with Gasteiger partial charge in [-0.15, -0.1) is 6.58 Å². The molecule has 0 saturated heterocycles. The molecule has 3 aromatic carbocycles. The monoisotopic (exact) mass is 298 g/mol. The lowest BCUT2D eigenvalue weighted by Crippen LogP contribution is -2.08. The summed E-state index contributed by atoms with van der Waals surface area (Å²) >= 11 is 0. The van der Waals surface area contributed by atoms with Gasteiger partial charge in [-0.1, -0.05) is 53.6 Å². The number of allylic oxidation sites excluding steroid dienone is 1. The van der Waals surface area contributed by atoms with E-state index < -0.39 is 0 Å². The van der Waals surface area contributed by atoms with Crippen LogP contribution in [-0.4, -0.2) is 0 Å². The number of fused-ring (bicyclic) bond motifs is 4. The molecule has 114 valence electrons. The summed E-state index contributed by atoms with van der Waals surface area (Å²) in [5.74, 6) is 0. The molecule has 1 aliphatic carbocycles. The quantitative estimate of drug-likeness (QED) is 0.513. The fourth-order valence-electron chi connectivity index (χ4n) is 3.98. The van der Waals surface area contributed by atoms with Crippen molar-refractivity contribution in [1.29, 1.82) is 0 Å². The molecule has 0 heterocycles. The normalized spacial score (nSPS) is 12.8. The van der Waals surface area contributed by atoms with Crippen LogP contribution in [0.1, 0.15) is 27.8 Å². The second-order valence-corrected chi connectivity index (χ2v) is 6.76. The van der Waals surface area contributed by atoms with Gasteiger partial charge in [0.1, 0.15) is 0 Å². The molecule has 0 aromatic heterocycles. The zero-order valence-electron chi connectivity index (χ0n) is 13.9. The summed E-state index contributed by atoms with van der Waals surface area (Å²) in [4.78, 5) is 0. The molecule has 4 rings (SSSR count). The van der Waals surface area contributed by atoms with Gasteiger partial charge in [0.2, 0.25) is 0 Å². The highest BCUT2D eigenvalue weighted by Gasteiger charge is 2.20. The highest BCUT2D eigenvalue weighted by molar-refractivity contribution is 5.94. The van der Waals surface area contributed by atoms with Crippen molar-refractivity contribution in [3.05, 3.63) is 82.9 Å². The largest absolute Gasteiger partial charge is 0.103 e. The smallest absolute Gasteiger partial charge is 0.00910 e. The predicted molar refractivity (Wildman–Crippen MR) is 100 cm³/mol. The minimum Gasteiger partial charge on any atom is -0.103 e. The summed E-state index contributed by atoms with van der Waals surface area (Å²) in [7, 11) is 0. The molecule has 0 spiro atoms. The Kier molecular flexibility index (Phi) is 3.34. The third kappa shape index (κ3) is 2.30. The first-order valence-corrected chi connectivity index (χ1v) is 8.43. The van der Waals surface area contributed by atoms with Crippen LogP contribution in [0.4, 0.5) is 0 Å². The van der Waals surface area contributed by atoms with Crippen molar-refractivity contribution in [3.8, 4) is 11.1 Å². The van der Waals surface area contributed by atoms with Crippen molar-refractivity contribution in [1.82, 2.24) is 0 Å². The fourth-order valence-corrected chi connectivity index (χ4v) is 3.98. The molecular weight excluding hydrogens is 276 g/mol. The van der Waals surface area contributed by atoms with Crippen molar-refractivity contribution < 1.29 is 0 Å². The van der Waals surface area contributed by atoms with Gasteiger partial charge in [-0.3, -0.25) is 0 Å². The molecule has 0 fully saturated rings. The number of hydrogen-bond acceptors (Lipinski definition) is 0. The molecule has 0 N–H and O–H groups in total. The third-order valence-electron chi connectivity index (χ3n) is 5.07. The molecule has 0 amide bonds. The Morgan fingerprint density at radius 1 is 0.913 bits per heavy atom. The van der Waals surface area contributed by atoms with Gasteiger partial charge in [0.15, 0.2) is 0 Å². The Morgan fingerprint density at radius 2 is 1.70 bits per heavy atom. The second-order valence-electron chi connectivity index (χ2n) is 6.76. The van der Waals surface area contributed by atoms with Crippen LogP contribution in [0.5, 0.6) is 0 Å². The van der Waals surface area contributed by atoms with Crippen molar-refractivity contribution in [2.24, 2.45) is 0 Å². The van der Waals surface area contributed by atoms with Gasteiger partial charge in [-0.05, 0) is 77.8 Å². The van der Waals surface area contributed by atoms with Gasteiger partial charge >= 0.3 is 0 Å². The maximum atomic E-state index is 3.99. The van der Waals surface area contributed by atoms with Crippen LogP contribution in [0, 0.1) is 13.8 Å². The standard InChI is InChI=1S/C23H22/c1-4-5-20-21-11-9-17-12-15(2)7-10-19(17)23(21)14-18-8-6-16(3)13-22(18)20/h4,6-8,10,12-14H,1,5,9,11H2,2-3H3. The Hall–Kier alpha value is -2.34. The zero-order valence-corrected chi connectivity index (χ0v) is 13.9. The van der Waals surface area contributed by atoms with E-state index in [0.717, 1.165) is 19.3 Å². The predicted octanol–water partition coefficient (Wildman–Crippen LogP) is 5.95. The van der Waals surface area contributed by atoms with E-state index in [0.29, 0.717) is 0 Å². The SMILES string of the molecule is C=CCc1c2c(cc3ccc(C)cc13)-c1ccc(C)cc1CC2. The fraction of sp³-hybridized carbons (Fsp3) is 0.217. The molecule has 0 bridgehead atoms. The molecular formula is C23H22. The first-order chi connectivity index (χ1) is 11.2. The molecule has 0 radical (unpaired) electrons. The molecule has 0 heteroatoms. The summed E-state index contributed by atoms with van der Waals surface area (Å²) in [5, 5.41) is 2.75. The van der Waals surface area contributed by atoms with E-state index in [-0.39, 0.29) is 0 Å². The average Bonchev–Trinajstić information content (AvgIpc) is 2.54. The van der Waals surface area contributed by atoms with E-state index >= 15 is 0 Å². The minimum absolute atomic E-state index is 0.949. The number of aryl methyl sites for hydroxylation is 3. The molecule has 23 heavy (non-hydrogen) atoms.